The van der Waals surface area contributed by atoms with E-state index in [2.05, 4.69) is 29.2 Å². The molecule has 0 saturated heterocycles. The molecule has 0 bridgehead atoms. The normalized spacial score (nSPS) is 11.0. The van der Waals surface area contributed by atoms with Crippen LogP contribution in [-0.2, 0) is 17.8 Å². The monoisotopic (exact) mass is 379 g/mol. The molecule has 26 heavy (non-hydrogen) atoms. The number of carbonyl (C=O) groups is 1. The number of amides is 1. The van der Waals surface area contributed by atoms with Gasteiger partial charge in [-0.25, -0.2) is 0 Å². The van der Waals surface area contributed by atoms with Gasteiger partial charge in [0.05, 0.1) is 12.1 Å². The summed E-state index contributed by atoms with van der Waals surface area (Å²) in [5.41, 5.74) is 2.19. The Morgan fingerprint density at radius 2 is 2.04 bits per heavy atom. The average molecular weight is 380 g/mol. The number of rotatable bonds is 10. The van der Waals surface area contributed by atoms with Crippen LogP contribution in [0.2, 0.25) is 5.22 Å². The fourth-order valence-electron chi connectivity index (χ4n) is 2.59. The molecule has 1 heterocycles. The zero-order valence-corrected chi connectivity index (χ0v) is 16.3. The number of benzene rings is 1. The Labute approximate surface area is 159 Å². The van der Waals surface area contributed by atoms with Gasteiger partial charge < -0.3 is 19.5 Å². The van der Waals surface area contributed by atoms with Gasteiger partial charge in [0.25, 0.3) is 0 Å². The molecule has 0 saturated carbocycles. The lowest BCUT2D eigenvalue weighted by Gasteiger charge is -2.19. The first-order valence-corrected chi connectivity index (χ1v) is 9.23. The van der Waals surface area contributed by atoms with Crippen LogP contribution in [0.25, 0.3) is 0 Å². The topological polar surface area (TPSA) is 67.6 Å². The molecule has 0 aliphatic heterocycles. The molecule has 0 aliphatic rings. The fraction of sp³-hybridized carbons (Fsp3) is 0.474. The molecule has 0 aliphatic carbocycles. The Morgan fingerprint density at radius 1 is 1.31 bits per heavy atom. The first-order chi connectivity index (χ1) is 12.5. The van der Waals surface area contributed by atoms with Crippen molar-refractivity contribution in [2.45, 2.75) is 33.7 Å². The summed E-state index contributed by atoms with van der Waals surface area (Å²) >= 11 is 5.90. The summed E-state index contributed by atoms with van der Waals surface area (Å²) in [6, 6.07) is 7.73. The van der Waals surface area contributed by atoms with Crippen LogP contribution in [0.1, 0.15) is 30.7 Å². The number of nitrogens with one attached hydrogen (secondary N) is 1. The number of hydrogen-bond acceptors (Lipinski definition) is 5. The van der Waals surface area contributed by atoms with E-state index in [9.17, 15) is 4.79 Å². The SMILES string of the molecule is CCN(CC)CCOc1ccccc1CNC(=O)Cc1c(C)noc1Cl. The lowest BCUT2D eigenvalue weighted by Crippen LogP contribution is -2.28. The number of carbonyl (C=O) groups excluding carboxylic acids is 1. The van der Waals surface area contributed by atoms with Crippen molar-refractivity contribution in [2.24, 2.45) is 0 Å². The van der Waals surface area contributed by atoms with Gasteiger partial charge >= 0.3 is 0 Å². The second kappa shape index (κ2) is 10.2. The third-order valence-corrected chi connectivity index (χ3v) is 4.58. The maximum Gasteiger partial charge on any atom is 0.229 e. The standard InChI is InChI=1S/C19H26ClN3O3/c1-4-23(5-2)10-11-25-17-9-7-6-8-15(17)13-21-18(24)12-16-14(3)22-26-19(16)20/h6-9H,4-5,10-13H2,1-3H3,(H,21,24). The van der Waals surface area contributed by atoms with E-state index in [0.29, 0.717) is 24.4 Å². The van der Waals surface area contributed by atoms with Gasteiger partial charge in [-0.1, -0.05) is 37.2 Å². The highest BCUT2D eigenvalue weighted by Gasteiger charge is 2.15. The second-order valence-electron chi connectivity index (χ2n) is 5.96. The van der Waals surface area contributed by atoms with Crippen LogP contribution in [0.5, 0.6) is 5.75 Å². The van der Waals surface area contributed by atoms with Gasteiger partial charge in [0.15, 0.2) is 0 Å². The molecule has 0 unspecified atom stereocenters. The van der Waals surface area contributed by atoms with E-state index in [1.54, 1.807) is 6.92 Å². The molecule has 0 atom stereocenters. The first kappa shape index (κ1) is 20.3. The summed E-state index contributed by atoms with van der Waals surface area (Å²) in [4.78, 5) is 14.5. The van der Waals surface area contributed by atoms with Gasteiger partial charge in [-0.05, 0) is 37.7 Å². The molecule has 142 valence electrons. The van der Waals surface area contributed by atoms with Crippen molar-refractivity contribution in [3.8, 4) is 5.75 Å². The van der Waals surface area contributed by atoms with E-state index in [1.807, 2.05) is 24.3 Å². The number of aryl methyl sites for hydroxylation is 1. The predicted molar refractivity (Wildman–Crippen MR) is 102 cm³/mol. The first-order valence-electron chi connectivity index (χ1n) is 8.85. The van der Waals surface area contributed by atoms with Crippen LogP contribution >= 0.6 is 11.6 Å². The second-order valence-corrected chi connectivity index (χ2v) is 6.30. The summed E-state index contributed by atoms with van der Waals surface area (Å²) in [6.45, 7) is 9.91. The Balaban J connectivity index is 1.88. The lowest BCUT2D eigenvalue weighted by atomic mass is 10.1. The maximum absolute atomic E-state index is 12.2. The fourth-order valence-corrected chi connectivity index (χ4v) is 2.83. The zero-order chi connectivity index (χ0) is 18.9. The summed E-state index contributed by atoms with van der Waals surface area (Å²) in [5.74, 6) is 0.648. The van der Waals surface area contributed by atoms with Crippen LogP contribution in [0.15, 0.2) is 28.8 Å². The van der Waals surface area contributed by atoms with Crippen LogP contribution in [0.4, 0.5) is 0 Å². The molecular formula is C19H26ClN3O3. The van der Waals surface area contributed by atoms with Gasteiger partial charge in [-0.15, -0.1) is 0 Å². The highest BCUT2D eigenvalue weighted by Crippen LogP contribution is 2.20. The summed E-state index contributed by atoms with van der Waals surface area (Å²) in [6.07, 6.45) is 0.138. The van der Waals surface area contributed by atoms with Crippen LogP contribution in [0, 0.1) is 6.92 Å². The predicted octanol–water partition coefficient (Wildman–Crippen LogP) is 3.22. The molecule has 0 fully saturated rings. The molecular weight excluding hydrogens is 354 g/mol. The minimum absolute atomic E-state index is 0.138. The Morgan fingerprint density at radius 3 is 2.69 bits per heavy atom. The Kier molecular flexibility index (Phi) is 7.94. The maximum atomic E-state index is 12.2. The molecule has 1 aromatic heterocycles. The van der Waals surface area contributed by atoms with E-state index >= 15 is 0 Å². The van der Waals surface area contributed by atoms with Crippen molar-refractivity contribution >= 4 is 17.5 Å². The lowest BCUT2D eigenvalue weighted by molar-refractivity contribution is -0.120. The largest absolute Gasteiger partial charge is 0.492 e. The van der Waals surface area contributed by atoms with Crippen molar-refractivity contribution in [3.05, 3.63) is 46.3 Å². The summed E-state index contributed by atoms with van der Waals surface area (Å²) < 4.78 is 10.8. The Hall–Kier alpha value is -2.05. The number of hydrogen-bond donors (Lipinski definition) is 1. The molecule has 0 spiro atoms. The van der Waals surface area contributed by atoms with E-state index in [-0.39, 0.29) is 17.5 Å². The summed E-state index contributed by atoms with van der Waals surface area (Å²) in [7, 11) is 0. The average Bonchev–Trinajstić information content (AvgIpc) is 2.96. The molecule has 0 radical (unpaired) electrons. The van der Waals surface area contributed by atoms with Crippen LogP contribution in [-0.4, -0.2) is 42.2 Å². The van der Waals surface area contributed by atoms with E-state index in [4.69, 9.17) is 20.9 Å². The molecule has 7 heteroatoms. The molecule has 1 N–H and O–H groups in total. The van der Waals surface area contributed by atoms with Gasteiger partial charge in [0.2, 0.25) is 11.1 Å². The van der Waals surface area contributed by atoms with Crippen LogP contribution in [0.3, 0.4) is 0 Å². The van der Waals surface area contributed by atoms with Crippen molar-refractivity contribution in [1.29, 1.82) is 0 Å². The van der Waals surface area contributed by atoms with Crippen LogP contribution < -0.4 is 10.1 Å². The number of halogens is 1. The van der Waals surface area contributed by atoms with Crippen molar-refractivity contribution in [2.75, 3.05) is 26.2 Å². The van der Waals surface area contributed by atoms with Gasteiger partial charge in [-0.3, -0.25) is 4.79 Å². The Bertz CT molecular complexity index is 694. The molecule has 1 aromatic carbocycles. The minimum Gasteiger partial charge on any atom is -0.492 e. The minimum atomic E-state index is -0.142. The van der Waals surface area contributed by atoms with E-state index in [0.717, 1.165) is 30.9 Å². The number of para-hydroxylation sites is 1. The highest BCUT2D eigenvalue weighted by atomic mass is 35.5. The number of aromatic nitrogens is 1. The third-order valence-electron chi connectivity index (χ3n) is 4.28. The highest BCUT2D eigenvalue weighted by molar-refractivity contribution is 6.29. The molecule has 2 aromatic rings. The quantitative estimate of drug-likeness (QED) is 0.686. The van der Waals surface area contributed by atoms with E-state index in [1.165, 1.54) is 0 Å². The third kappa shape index (κ3) is 5.75. The van der Waals surface area contributed by atoms with Gasteiger partial charge in [-0.2, -0.15) is 0 Å². The molecule has 1 amide bonds. The smallest absolute Gasteiger partial charge is 0.229 e. The number of nitrogens with zero attached hydrogens (tertiary/aromatic N) is 2. The number of ether oxygens (including phenoxy) is 1. The van der Waals surface area contributed by atoms with Crippen molar-refractivity contribution < 1.29 is 14.1 Å². The molecule has 2 rings (SSSR count). The molecule has 6 nitrogen and oxygen atoms in total. The zero-order valence-electron chi connectivity index (χ0n) is 15.5. The number of likely N-dealkylation sites (N-methyl/N-ethyl adjacent to an activating group) is 1. The van der Waals surface area contributed by atoms with Crippen molar-refractivity contribution in [1.82, 2.24) is 15.4 Å². The van der Waals surface area contributed by atoms with E-state index < -0.39 is 0 Å². The van der Waals surface area contributed by atoms with Crippen molar-refractivity contribution in [3.63, 3.8) is 0 Å². The summed E-state index contributed by atoms with van der Waals surface area (Å²) in [5, 5.41) is 6.81. The van der Waals surface area contributed by atoms with Gasteiger partial charge in [0, 0.05) is 24.2 Å². The van der Waals surface area contributed by atoms with Gasteiger partial charge in [0.1, 0.15) is 12.4 Å².